The molecule has 2 amide bonds. The van der Waals surface area contributed by atoms with Gasteiger partial charge in [0.15, 0.2) is 0 Å². The fraction of sp³-hybridized carbons (Fsp3) is 0.174. The minimum atomic E-state index is -0.243. The Balaban J connectivity index is 1.54. The molecule has 3 rings (SSSR count). The molecule has 0 fully saturated rings. The van der Waals surface area contributed by atoms with E-state index < -0.39 is 0 Å². The maximum absolute atomic E-state index is 12.3. The molecule has 0 radical (unpaired) electrons. The molecule has 0 spiro atoms. The van der Waals surface area contributed by atoms with Gasteiger partial charge in [0.2, 0.25) is 5.91 Å². The van der Waals surface area contributed by atoms with Gasteiger partial charge in [0, 0.05) is 29.9 Å². The van der Waals surface area contributed by atoms with E-state index in [1.807, 2.05) is 12.1 Å². The highest BCUT2D eigenvalue weighted by Crippen LogP contribution is 2.23. The fourth-order valence-corrected chi connectivity index (χ4v) is 2.84. The molecule has 2 N–H and O–H groups in total. The van der Waals surface area contributed by atoms with Crippen LogP contribution in [-0.2, 0) is 11.2 Å². The molecular formula is C23H23N3O4. The van der Waals surface area contributed by atoms with Crippen LogP contribution in [0.3, 0.4) is 0 Å². The molecule has 30 heavy (non-hydrogen) atoms. The van der Waals surface area contributed by atoms with Crippen molar-refractivity contribution >= 4 is 23.2 Å². The maximum Gasteiger partial charge on any atom is 0.255 e. The number of hydrogen-bond donors (Lipinski definition) is 2. The number of aromatic nitrogens is 1. The second-order valence-corrected chi connectivity index (χ2v) is 6.54. The van der Waals surface area contributed by atoms with E-state index in [-0.39, 0.29) is 11.8 Å². The van der Waals surface area contributed by atoms with Gasteiger partial charge in [0.05, 0.1) is 26.1 Å². The standard InChI is InChI=1S/C23H23N3O4/c1-29-20-12-16(13-21(14-20)30-2)5-10-22(27)25-18-8-6-17(7-9-18)23(28)26-19-4-3-11-24-15-19/h3-4,6-9,11-15H,5,10H2,1-2H3,(H,25,27)(H,26,28). The number of hydrogen-bond acceptors (Lipinski definition) is 5. The zero-order chi connectivity index (χ0) is 21.3. The molecule has 7 heteroatoms. The average molecular weight is 405 g/mol. The van der Waals surface area contributed by atoms with Gasteiger partial charge in [-0.2, -0.15) is 0 Å². The van der Waals surface area contributed by atoms with Crippen molar-refractivity contribution in [3.8, 4) is 11.5 Å². The number of aryl methyl sites for hydroxylation is 1. The lowest BCUT2D eigenvalue weighted by Crippen LogP contribution is -2.14. The van der Waals surface area contributed by atoms with Gasteiger partial charge in [-0.15, -0.1) is 0 Å². The van der Waals surface area contributed by atoms with E-state index >= 15 is 0 Å². The van der Waals surface area contributed by atoms with Crippen LogP contribution < -0.4 is 20.1 Å². The van der Waals surface area contributed by atoms with Gasteiger partial charge in [-0.3, -0.25) is 14.6 Å². The molecule has 1 aromatic heterocycles. The molecule has 3 aromatic rings. The Bertz CT molecular complexity index is 982. The largest absolute Gasteiger partial charge is 0.497 e. The van der Waals surface area contributed by atoms with E-state index in [4.69, 9.17) is 9.47 Å². The van der Waals surface area contributed by atoms with Crippen molar-refractivity contribution in [1.29, 1.82) is 0 Å². The van der Waals surface area contributed by atoms with Crippen molar-refractivity contribution in [2.75, 3.05) is 24.9 Å². The molecule has 0 unspecified atom stereocenters. The normalized spacial score (nSPS) is 10.2. The number of methoxy groups -OCH3 is 2. The van der Waals surface area contributed by atoms with E-state index in [0.717, 1.165) is 5.56 Å². The molecule has 154 valence electrons. The minimum absolute atomic E-state index is 0.121. The smallest absolute Gasteiger partial charge is 0.255 e. The monoisotopic (exact) mass is 405 g/mol. The second-order valence-electron chi connectivity index (χ2n) is 6.54. The molecule has 0 aliphatic rings. The van der Waals surface area contributed by atoms with Crippen molar-refractivity contribution in [1.82, 2.24) is 4.98 Å². The summed E-state index contributed by atoms with van der Waals surface area (Å²) < 4.78 is 10.5. The number of ether oxygens (including phenoxy) is 2. The number of benzene rings is 2. The number of nitrogens with one attached hydrogen (secondary N) is 2. The summed E-state index contributed by atoms with van der Waals surface area (Å²) in [6, 6.07) is 15.8. The summed E-state index contributed by atoms with van der Waals surface area (Å²) in [5.41, 5.74) is 2.68. The highest BCUT2D eigenvalue weighted by molar-refractivity contribution is 6.04. The first-order valence-corrected chi connectivity index (χ1v) is 9.40. The molecule has 0 aliphatic carbocycles. The highest BCUT2D eigenvalue weighted by Gasteiger charge is 2.09. The van der Waals surface area contributed by atoms with Crippen LogP contribution in [0.5, 0.6) is 11.5 Å². The Morgan fingerprint density at radius 2 is 1.60 bits per heavy atom. The summed E-state index contributed by atoms with van der Waals surface area (Å²) >= 11 is 0. The number of amides is 2. The van der Waals surface area contributed by atoms with Crippen LogP contribution in [0.25, 0.3) is 0 Å². The molecule has 0 aliphatic heterocycles. The fourth-order valence-electron chi connectivity index (χ4n) is 2.84. The Labute approximate surface area is 175 Å². The molecule has 7 nitrogen and oxygen atoms in total. The molecule has 0 saturated carbocycles. The first-order chi connectivity index (χ1) is 14.6. The van der Waals surface area contributed by atoms with Crippen molar-refractivity contribution in [3.05, 3.63) is 78.1 Å². The van der Waals surface area contributed by atoms with Gasteiger partial charge in [0.1, 0.15) is 11.5 Å². The van der Waals surface area contributed by atoms with Crippen LogP contribution in [0, 0.1) is 0 Å². The van der Waals surface area contributed by atoms with Crippen molar-refractivity contribution in [2.24, 2.45) is 0 Å². The summed E-state index contributed by atoms with van der Waals surface area (Å²) in [6.45, 7) is 0. The SMILES string of the molecule is COc1cc(CCC(=O)Nc2ccc(C(=O)Nc3cccnc3)cc2)cc(OC)c1. The molecule has 0 saturated heterocycles. The molecule has 2 aromatic carbocycles. The number of nitrogens with zero attached hydrogens (tertiary/aromatic N) is 1. The topological polar surface area (TPSA) is 89.5 Å². The quantitative estimate of drug-likeness (QED) is 0.593. The molecule has 0 bridgehead atoms. The van der Waals surface area contributed by atoms with Crippen LogP contribution in [0.4, 0.5) is 11.4 Å². The van der Waals surface area contributed by atoms with E-state index in [2.05, 4.69) is 15.6 Å². The van der Waals surface area contributed by atoms with Crippen molar-refractivity contribution < 1.29 is 19.1 Å². The van der Waals surface area contributed by atoms with Gasteiger partial charge < -0.3 is 20.1 Å². The third kappa shape index (κ3) is 5.81. The lowest BCUT2D eigenvalue weighted by molar-refractivity contribution is -0.116. The van der Waals surface area contributed by atoms with Crippen LogP contribution in [-0.4, -0.2) is 31.0 Å². The molecule has 1 heterocycles. The number of rotatable bonds is 8. The molecular weight excluding hydrogens is 382 g/mol. The van der Waals surface area contributed by atoms with Crippen LogP contribution in [0.2, 0.25) is 0 Å². The van der Waals surface area contributed by atoms with Crippen LogP contribution in [0.1, 0.15) is 22.3 Å². The van der Waals surface area contributed by atoms with Crippen molar-refractivity contribution in [3.63, 3.8) is 0 Å². The summed E-state index contributed by atoms with van der Waals surface area (Å²) in [5, 5.41) is 5.61. The van der Waals surface area contributed by atoms with Crippen LogP contribution >= 0.6 is 0 Å². The van der Waals surface area contributed by atoms with Crippen molar-refractivity contribution in [2.45, 2.75) is 12.8 Å². The first kappa shape index (κ1) is 20.9. The minimum Gasteiger partial charge on any atom is -0.497 e. The van der Waals surface area contributed by atoms with E-state index in [1.54, 1.807) is 69.1 Å². The first-order valence-electron chi connectivity index (χ1n) is 9.40. The Morgan fingerprint density at radius 1 is 0.900 bits per heavy atom. The number of anilines is 2. The lowest BCUT2D eigenvalue weighted by atomic mass is 10.1. The Morgan fingerprint density at radius 3 is 2.20 bits per heavy atom. The predicted octanol–water partition coefficient (Wildman–Crippen LogP) is 3.92. The zero-order valence-corrected chi connectivity index (χ0v) is 16.8. The van der Waals surface area contributed by atoms with Gasteiger partial charge in [0.25, 0.3) is 5.91 Å². The average Bonchev–Trinajstić information content (AvgIpc) is 2.78. The predicted molar refractivity (Wildman–Crippen MR) is 115 cm³/mol. The summed E-state index contributed by atoms with van der Waals surface area (Å²) in [6.07, 6.45) is 4.06. The maximum atomic E-state index is 12.3. The van der Waals surface area contributed by atoms with Crippen LogP contribution in [0.15, 0.2) is 67.0 Å². The summed E-state index contributed by atoms with van der Waals surface area (Å²) in [7, 11) is 3.18. The van der Waals surface area contributed by atoms with E-state index in [9.17, 15) is 9.59 Å². The second kappa shape index (κ2) is 10.1. The number of carbonyl (C=O) groups excluding carboxylic acids is 2. The highest BCUT2D eigenvalue weighted by atomic mass is 16.5. The third-order valence-corrected chi connectivity index (χ3v) is 4.40. The van der Waals surface area contributed by atoms with E-state index in [0.29, 0.717) is 41.3 Å². The summed E-state index contributed by atoms with van der Waals surface area (Å²) in [5.74, 6) is 1.01. The van der Waals surface area contributed by atoms with Gasteiger partial charge in [-0.25, -0.2) is 0 Å². The number of pyridine rings is 1. The Hall–Kier alpha value is -3.87. The van der Waals surface area contributed by atoms with E-state index in [1.165, 1.54) is 0 Å². The summed E-state index contributed by atoms with van der Waals surface area (Å²) in [4.78, 5) is 28.5. The lowest BCUT2D eigenvalue weighted by Gasteiger charge is -2.09. The Kier molecular flexibility index (Phi) is 7.00. The molecule has 0 atom stereocenters. The van der Waals surface area contributed by atoms with Gasteiger partial charge in [-0.05, 0) is 60.5 Å². The van der Waals surface area contributed by atoms with Gasteiger partial charge >= 0.3 is 0 Å². The number of carbonyl (C=O) groups is 2. The third-order valence-electron chi connectivity index (χ3n) is 4.40. The zero-order valence-electron chi connectivity index (χ0n) is 16.8. The van der Waals surface area contributed by atoms with Gasteiger partial charge in [-0.1, -0.05) is 0 Å².